The van der Waals surface area contributed by atoms with Crippen molar-refractivity contribution in [3.8, 4) is 11.8 Å². The molecule has 3 N–H and O–H groups in total. The molecule has 0 aliphatic carbocycles. The topological polar surface area (TPSA) is 89.3 Å². The number of thiophene rings is 1. The highest BCUT2D eigenvalue weighted by Gasteiger charge is 2.26. The molecule has 0 saturated carbocycles. The zero-order valence-electron chi connectivity index (χ0n) is 10.9. The molecule has 1 saturated heterocycles. The number of hydrogen-bond acceptors (Lipinski definition) is 5. The molecule has 2 heterocycles. The fourth-order valence-electron chi connectivity index (χ4n) is 2.06. The van der Waals surface area contributed by atoms with E-state index in [0.717, 1.165) is 4.88 Å². The Bertz CT molecular complexity index is 653. The summed E-state index contributed by atoms with van der Waals surface area (Å²) in [6.07, 6.45) is 1.31. The van der Waals surface area contributed by atoms with Crippen LogP contribution in [0.1, 0.15) is 27.4 Å². The van der Waals surface area contributed by atoms with Crippen LogP contribution in [0.2, 0.25) is 0 Å². The Morgan fingerprint density at radius 3 is 3.00 bits per heavy atom. The Labute approximate surface area is 122 Å². The molecule has 108 valence electrons. The highest BCUT2D eigenvalue weighted by atomic mass is 32.2. The average molecular weight is 312 g/mol. The third kappa shape index (κ3) is 4.07. The van der Waals surface area contributed by atoms with Gasteiger partial charge in [-0.3, -0.25) is 4.79 Å². The molecule has 1 aliphatic rings. The van der Waals surface area contributed by atoms with Crippen molar-refractivity contribution in [1.29, 1.82) is 0 Å². The number of carbonyl (C=O) groups is 1. The smallest absolute Gasteiger partial charge is 0.261 e. The van der Waals surface area contributed by atoms with Gasteiger partial charge in [-0.05, 0) is 25.0 Å². The van der Waals surface area contributed by atoms with E-state index in [4.69, 9.17) is 5.73 Å². The summed E-state index contributed by atoms with van der Waals surface area (Å²) in [5.41, 5.74) is 5.29. The van der Waals surface area contributed by atoms with Crippen molar-refractivity contribution in [2.75, 3.05) is 18.1 Å². The van der Waals surface area contributed by atoms with Crippen molar-refractivity contribution in [1.82, 2.24) is 5.32 Å². The molecule has 7 heteroatoms. The van der Waals surface area contributed by atoms with Gasteiger partial charge in [0.05, 0.1) is 27.8 Å². The molecule has 1 atom stereocenters. The van der Waals surface area contributed by atoms with Crippen molar-refractivity contribution in [3.05, 3.63) is 21.9 Å². The number of amides is 1. The summed E-state index contributed by atoms with van der Waals surface area (Å²) >= 11 is 1.28. The van der Waals surface area contributed by atoms with Gasteiger partial charge in [-0.2, -0.15) is 0 Å². The second kappa shape index (κ2) is 6.39. The minimum absolute atomic E-state index is 0.0317. The number of carbonyl (C=O) groups excluding carboxylic acids is 1. The first-order valence-electron chi connectivity index (χ1n) is 6.30. The Hall–Kier alpha value is -1.36. The normalized spacial score (nSPS) is 20.8. The summed E-state index contributed by atoms with van der Waals surface area (Å²) in [7, 11) is -3.01. The molecule has 1 aliphatic heterocycles. The first-order valence-corrected chi connectivity index (χ1v) is 8.94. The van der Waals surface area contributed by atoms with E-state index in [1.54, 1.807) is 12.1 Å². The van der Waals surface area contributed by atoms with Crippen LogP contribution in [0.4, 0.5) is 0 Å². The average Bonchev–Trinajstić information content (AvgIpc) is 2.84. The zero-order valence-corrected chi connectivity index (χ0v) is 12.5. The van der Waals surface area contributed by atoms with Crippen LogP contribution in [0.25, 0.3) is 0 Å². The van der Waals surface area contributed by atoms with E-state index in [2.05, 4.69) is 17.2 Å². The maximum atomic E-state index is 12.0. The number of rotatable bonds is 2. The number of nitrogens with two attached hydrogens (primary N) is 1. The molecule has 1 unspecified atom stereocenters. The van der Waals surface area contributed by atoms with Gasteiger partial charge in [0.2, 0.25) is 0 Å². The minimum Gasteiger partial charge on any atom is -0.348 e. The van der Waals surface area contributed by atoms with Gasteiger partial charge in [0, 0.05) is 6.04 Å². The highest BCUT2D eigenvalue weighted by molar-refractivity contribution is 7.91. The maximum absolute atomic E-state index is 12.0. The van der Waals surface area contributed by atoms with Crippen LogP contribution in [-0.4, -0.2) is 38.4 Å². The van der Waals surface area contributed by atoms with Crippen molar-refractivity contribution in [2.24, 2.45) is 5.73 Å². The third-order valence-electron chi connectivity index (χ3n) is 2.94. The molecule has 0 bridgehead atoms. The second-order valence-corrected chi connectivity index (χ2v) is 7.91. The molecular formula is C13H16N2O3S2. The fraction of sp³-hybridized carbons (Fsp3) is 0.462. The molecule has 1 aromatic rings. The molecule has 1 amide bonds. The molecule has 1 aromatic heterocycles. The van der Waals surface area contributed by atoms with Crippen molar-refractivity contribution >= 4 is 27.1 Å². The zero-order chi connectivity index (χ0) is 14.6. The maximum Gasteiger partial charge on any atom is 0.261 e. The van der Waals surface area contributed by atoms with Gasteiger partial charge in [-0.25, -0.2) is 8.42 Å². The van der Waals surface area contributed by atoms with E-state index in [0.29, 0.717) is 17.7 Å². The predicted molar refractivity (Wildman–Crippen MR) is 79.4 cm³/mol. The van der Waals surface area contributed by atoms with Gasteiger partial charge in [0.15, 0.2) is 9.84 Å². The molecule has 1 fully saturated rings. The monoisotopic (exact) mass is 312 g/mol. The van der Waals surface area contributed by atoms with E-state index in [9.17, 15) is 13.2 Å². The summed E-state index contributed by atoms with van der Waals surface area (Å²) < 4.78 is 23.0. The summed E-state index contributed by atoms with van der Waals surface area (Å²) in [5.74, 6) is 5.60. The summed E-state index contributed by atoms with van der Waals surface area (Å²) in [6.45, 7) is 0.277. The molecular weight excluding hydrogens is 296 g/mol. The van der Waals surface area contributed by atoms with E-state index >= 15 is 0 Å². The van der Waals surface area contributed by atoms with Crippen LogP contribution in [-0.2, 0) is 9.84 Å². The van der Waals surface area contributed by atoms with Crippen molar-refractivity contribution < 1.29 is 13.2 Å². The van der Waals surface area contributed by atoms with Crippen LogP contribution in [0.5, 0.6) is 0 Å². The molecule has 20 heavy (non-hydrogen) atoms. The lowest BCUT2D eigenvalue weighted by molar-refractivity contribution is 0.0942. The largest absolute Gasteiger partial charge is 0.348 e. The van der Waals surface area contributed by atoms with E-state index in [1.165, 1.54) is 11.3 Å². The summed E-state index contributed by atoms with van der Waals surface area (Å²) in [5, 5.41) is 2.78. The Balaban J connectivity index is 1.99. The van der Waals surface area contributed by atoms with E-state index in [-0.39, 0.29) is 30.0 Å². The lowest BCUT2D eigenvalue weighted by Gasteiger charge is -2.22. The number of sulfone groups is 1. The fourth-order valence-corrected chi connectivity index (χ4v) is 4.48. The number of nitrogens with one attached hydrogen (secondary N) is 1. The van der Waals surface area contributed by atoms with Gasteiger partial charge >= 0.3 is 0 Å². The van der Waals surface area contributed by atoms with Crippen molar-refractivity contribution in [3.63, 3.8) is 0 Å². The lowest BCUT2D eigenvalue weighted by Crippen LogP contribution is -2.42. The van der Waals surface area contributed by atoms with Gasteiger partial charge in [-0.1, -0.05) is 11.8 Å². The van der Waals surface area contributed by atoms with E-state index in [1.807, 2.05) is 0 Å². The Morgan fingerprint density at radius 2 is 2.30 bits per heavy atom. The summed E-state index contributed by atoms with van der Waals surface area (Å²) in [4.78, 5) is 13.4. The molecule has 0 radical (unpaired) electrons. The first kappa shape index (κ1) is 15.0. The standard InChI is InChI=1S/C13H16N2O3S2/c14-7-1-4-11-5-6-12(19-11)13(16)15-10-3-2-8-20(17,18)9-10/h5-6,10H,2-3,7-9,14H2,(H,15,16). The summed E-state index contributed by atoms with van der Waals surface area (Å²) in [6, 6.07) is 3.17. The van der Waals surface area contributed by atoms with Crippen LogP contribution < -0.4 is 11.1 Å². The Kier molecular flexibility index (Phi) is 4.81. The molecule has 2 rings (SSSR count). The Morgan fingerprint density at radius 1 is 1.50 bits per heavy atom. The first-order chi connectivity index (χ1) is 9.50. The minimum atomic E-state index is -3.01. The third-order valence-corrected chi connectivity index (χ3v) is 5.76. The van der Waals surface area contributed by atoms with E-state index < -0.39 is 9.84 Å². The SMILES string of the molecule is NCC#Cc1ccc(C(=O)NC2CCCS(=O)(=O)C2)s1. The predicted octanol–water partition coefficient (Wildman–Crippen LogP) is 0.365. The van der Waals surface area contributed by atoms with Crippen molar-refractivity contribution in [2.45, 2.75) is 18.9 Å². The molecule has 0 spiro atoms. The van der Waals surface area contributed by atoms with Crippen LogP contribution in [0.15, 0.2) is 12.1 Å². The molecule has 5 nitrogen and oxygen atoms in total. The second-order valence-electron chi connectivity index (χ2n) is 4.60. The van der Waals surface area contributed by atoms with Crippen LogP contribution in [0, 0.1) is 11.8 Å². The number of hydrogen-bond donors (Lipinski definition) is 2. The highest BCUT2D eigenvalue weighted by Crippen LogP contribution is 2.17. The molecule has 0 aromatic carbocycles. The van der Waals surface area contributed by atoms with Gasteiger partial charge in [0.1, 0.15) is 0 Å². The lowest BCUT2D eigenvalue weighted by atomic mass is 10.2. The van der Waals surface area contributed by atoms with Gasteiger partial charge in [0.25, 0.3) is 5.91 Å². The van der Waals surface area contributed by atoms with Gasteiger partial charge < -0.3 is 11.1 Å². The van der Waals surface area contributed by atoms with Crippen LogP contribution >= 0.6 is 11.3 Å². The quantitative estimate of drug-likeness (QED) is 0.772. The van der Waals surface area contributed by atoms with Gasteiger partial charge in [-0.15, -0.1) is 11.3 Å². The van der Waals surface area contributed by atoms with Crippen LogP contribution in [0.3, 0.4) is 0 Å².